The molecule has 2 saturated heterocycles. The molecule has 0 saturated carbocycles. The lowest BCUT2D eigenvalue weighted by Crippen LogP contribution is -2.53. The van der Waals surface area contributed by atoms with Crippen LogP contribution in [0.2, 0.25) is 0 Å². The van der Waals surface area contributed by atoms with Crippen LogP contribution in [0.15, 0.2) is 41.3 Å². The normalized spacial score (nSPS) is 18.8. The molecule has 0 bridgehead atoms. The van der Waals surface area contributed by atoms with Crippen molar-refractivity contribution in [2.24, 2.45) is 5.92 Å². The first-order valence-electron chi connectivity index (χ1n) is 11.5. The van der Waals surface area contributed by atoms with E-state index in [1.807, 2.05) is 24.3 Å². The summed E-state index contributed by atoms with van der Waals surface area (Å²) in [7, 11) is 0. The van der Waals surface area contributed by atoms with Crippen molar-refractivity contribution in [3.05, 3.63) is 46.9 Å². The molecule has 2 aliphatic rings. The predicted molar refractivity (Wildman–Crippen MR) is 128 cm³/mol. The van der Waals surface area contributed by atoms with Crippen LogP contribution in [0.1, 0.15) is 12.8 Å². The number of fused-ring (bicyclic) bond motifs is 1. The molecule has 0 amide bonds. The van der Waals surface area contributed by atoms with Gasteiger partial charge in [0.25, 0.3) is 5.56 Å². The molecule has 0 spiro atoms. The van der Waals surface area contributed by atoms with Crippen molar-refractivity contribution in [3.63, 3.8) is 0 Å². The minimum absolute atomic E-state index is 0.138. The van der Waals surface area contributed by atoms with Crippen LogP contribution in [0, 0.1) is 5.92 Å². The van der Waals surface area contributed by atoms with E-state index in [0.717, 1.165) is 43.9 Å². The molecule has 10 heteroatoms. The summed E-state index contributed by atoms with van der Waals surface area (Å²) in [4.78, 5) is 24.5. The molecule has 4 heterocycles. The van der Waals surface area contributed by atoms with Crippen molar-refractivity contribution in [1.29, 1.82) is 0 Å². The quantitative estimate of drug-likeness (QED) is 0.361. The Morgan fingerprint density at radius 1 is 1.09 bits per heavy atom. The van der Waals surface area contributed by atoms with Gasteiger partial charge in [-0.05, 0) is 50.0 Å². The summed E-state index contributed by atoms with van der Waals surface area (Å²) in [5.74, 6) is 1.52. The van der Waals surface area contributed by atoms with Gasteiger partial charge in [0.2, 0.25) is 5.95 Å². The Labute approximate surface area is 191 Å². The maximum atomic E-state index is 12.6. The fourth-order valence-electron chi connectivity index (χ4n) is 4.44. The van der Waals surface area contributed by atoms with Crippen molar-refractivity contribution in [1.82, 2.24) is 24.9 Å². The lowest BCUT2D eigenvalue weighted by Gasteiger charge is -2.32. The molecule has 5 N–H and O–H groups in total. The minimum atomic E-state index is -0.246. The zero-order valence-corrected chi connectivity index (χ0v) is 18.5. The van der Waals surface area contributed by atoms with Crippen molar-refractivity contribution in [2.45, 2.75) is 12.8 Å². The Kier molecular flexibility index (Phi) is 6.23. The number of aromatic nitrogens is 3. The second-order valence-electron chi connectivity index (χ2n) is 8.69. The minimum Gasteiger partial charge on any atom is -0.369 e. The molecule has 2 fully saturated rings. The third-order valence-electron chi connectivity index (χ3n) is 6.45. The van der Waals surface area contributed by atoms with Crippen LogP contribution >= 0.6 is 0 Å². The van der Waals surface area contributed by atoms with E-state index in [2.05, 4.69) is 30.9 Å². The van der Waals surface area contributed by atoms with E-state index in [-0.39, 0.29) is 10.2 Å². The van der Waals surface area contributed by atoms with Gasteiger partial charge in [-0.2, -0.15) is 4.98 Å². The van der Waals surface area contributed by atoms with Gasteiger partial charge in [0.1, 0.15) is 24.3 Å². The fourth-order valence-corrected chi connectivity index (χ4v) is 4.44. The Hall–Kier alpha value is -3.05. The maximum absolute atomic E-state index is 12.6. The number of morpholine rings is 1. The first-order valence-corrected chi connectivity index (χ1v) is 11.5. The average Bonchev–Trinajstić information content (AvgIpc) is 2.84. The molecule has 0 atom stereocenters. The van der Waals surface area contributed by atoms with Gasteiger partial charge >= 0.3 is 0 Å². The highest BCUT2D eigenvalue weighted by Crippen LogP contribution is 2.27. The fraction of sp³-hybridized carbons (Fsp3) is 0.435. The number of hydroxylamine groups is 2. The molecule has 174 valence electrons. The largest absolute Gasteiger partial charge is 0.369 e. The lowest BCUT2D eigenvalue weighted by molar-refractivity contribution is -0.133. The van der Waals surface area contributed by atoms with E-state index < -0.39 is 0 Å². The second kappa shape index (κ2) is 9.44. The van der Waals surface area contributed by atoms with E-state index in [0.29, 0.717) is 54.9 Å². The lowest BCUT2D eigenvalue weighted by atomic mass is 9.98. The van der Waals surface area contributed by atoms with Crippen LogP contribution < -0.4 is 26.2 Å². The summed E-state index contributed by atoms with van der Waals surface area (Å²) in [5.41, 5.74) is 1.91. The number of hydrogen-bond acceptors (Lipinski definition) is 8. The number of H-pyrrole nitrogens is 1. The molecule has 5 rings (SSSR count). The molecule has 0 radical (unpaired) electrons. The summed E-state index contributed by atoms with van der Waals surface area (Å²) in [5, 5.41) is 21.3. The number of piperidine rings is 1. The molecule has 0 unspecified atom stereocenters. The Morgan fingerprint density at radius 3 is 2.61 bits per heavy atom. The Morgan fingerprint density at radius 2 is 1.85 bits per heavy atom. The number of nitrogens with one attached hydrogen (secondary N) is 4. The zero-order chi connectivity index (χ0) is 22.7. The number of nitrogens with zero attached hydrogens (tertiary/aromatic N) is 3. The summed E-state index contributed by atoms with van der Waals surface area (Å²) < 4.78 is 5.23. The zero-order valence-electron chi connectivity index (χ0n) is 18.5. The molecule has 1 aromatic carbocycles. The molecule has 2 aromatic heterocycles. The van der Waals surface area contributed by atoms with Crippen LogP contribution in [0.5, 0.6) is 0 Å². The average molecular weight is 453 g/mol. The van der Waals surface area contributed by atoms with Crippen LogP contribution in [0.25, 0.3) is 10.9 Å². The number of hydrogen-bond donors (Lipinski definition) is 5. The Bertz CT molecular complexity index is 1150. The van der Waals surface area contributed by atoms with Gasteiger partial charge in [-0.15, -0.1) is 4.65 Å². The monoisotopic (exact) mass is 452 g/mol. The smallest absolute Gasteiger partial charge is 0.261 e. The van der Waals surface area contributed by atoms with Gasteiger partial charge in [0, 0.05) is 30.6 Å². The number of aromatic amines is 1. The standard InChI is InChI=1S/C23H29N7O3/c31-22-20-19(7-10-25-22)28-23(26-15-16-5-8-24-9-6-16)29-21(20)27-17-1-3-18(4-2-17)30(32)11-13-33-14-12-30/h1-4,7,10,16,24,32H,5-6,8-9,11-15H2,(H2-,25,26,27,28,29,31)/p+1. The van der Waals surface area contributed by atoms with Crippen LogP contribution in [-0.4, -0.2) is 66.1 Å². The van der Waals surface area contributed by atoms with Gasteiger partial charge < -0.3 is 25.7 Å². The third-order valence-corrected chi connectivity index (χ3v) is 6.45. The molecular weight excluding hydrogens is 422 g/mol. The van der Waals surface area contributed by atoms with E-state index in [1.165, 1.54) is 0 Å². The van der Waals surface area contributed by atoms with Crippen LogP contribution in [0.3, 0.4) is 0 Å². The van der Waals surface area contributed by atoms with Gasteiger partial charge in [0.15, 0.2) is 5.69 Å². The van der Waals surface area contributed by atoms with Crippen LogP contribution in [-0.2, 0) is 4.74 Å². The van der Waals surface area contributed by atoms with Gasteiger partial charge in [0.05, 0.1) is 18.7 Å². The van der Waals surface area contributed by atoms with Gasteiger partial charge in [-0.3, -0.25) is 4.79 Å². The molecule has 3 aromatic rings. The summed E-state index contributed by atoms with van der Waals surface area (Å²) in [6.07, 6.45) is 3.84. The number of anilines is 3. The van der Waals surface area contributed by atoms with Crippen molar-refractivity contribution in [2.75, 3.05) is 56.6 Å². The predicted octanol–water partition coefficient (Wildman–Crippen LogP) is 2.20. The SMILES string of the molecule is O=c1[nH]ccc2nc(NCC3CCNCC3)nc(Nc3ccc([N+]4(O)CCOCC4)cc3)c12. The first-order chi connectivity index (χ1) is 16.1. The molecule has 0 aliphatic carbocycles. The molecule has 10 nitrogen and oxygen atoms in total. The molecule has 33 heavy (non-hydrogen) atoms. The third kappa shape index (κ3) is 4.83. The van der Waals surface area contributed by atoms with E-state index in [1.54, 1.807) is 12.3 Å². The summed E-state index contributed by atoms with van der Waals surface area (Å²) >= 11 is 0. The van der Waals surface area contributed by atoms with Crippen LogP contribution in [0.4, 0.5) is 23.1 Å². The highest BCUT2D eigenvalue weighted by Gasteiger charge is 2.31. The summed E-state index contributed by atoms with van der Waals surface area (Å²) in [6.45, 7) is 4.95. The van der Waals surface area contributed by atoms with Gasteiger partial charge in [-0.25, -0.2) is 10.2 Å². The van der Waals surface area contributed by atoms with E-state index in [9.17, 15) is 10.0 Å². The number of pyridine rings is 1. The maximum Gasteiger partial charge on any atom is 0.261 e. The molecular formula is C23H30N7O3+. The number of quaternary nitrogens is 1. The second-order valence-corrected chi connectivity index (χ2v) is 8.69. The van der Waals surface area contributed by atoms with Gasteiger partial charge in [-0.1, -0.05) is 0 Å². The van der Waals surface area contributed by atoms with Crippen molar-refractivity contribution in [3.8, 4) is 0 Å². The number of rotatable bonds is 6. The Balaban J connectivity index is 1.39. The number of benzene rings is 1. The van der Waals surface area contributed by atoms with E-state index >= 15 is 0 Å². The highest BCUT2D eigenvalue weighted by molar-refractivity contribution is 5.90. The molecule has 2 aliphatic heterocycles. The van der Waals surface area contributed by atoms with Crippen molar-refractivity contribution >= 4 is 34.0 Å². The summed E-state index contributed by atoms with van der Waals surface area (Å²) in [6, 6.07) is 9.32. The number of ether oxygens (including phenoxy) is 1. The van der Waals surface area contributed by atoms with E-state index in [4.69, 9.17) is 4.74 Å². The topological polar surface area (TPSA) is 124 Å². The van der Waals surface area contributed by atoms with Crippen molar-refractivity contribution < 1.29 is 9.94 Å². The highest BCUT2D eigenvalue weighted by atomic mass is 16.6. The first kappa shape index (κ1) is 21.8.